The Morgan fingerprint density at radius 3 is 1.40 bits per heavy atom. The molecule has 0 atom stereocenters. The number of fused-ring (bicyclic) bond motifs is 24. The molecule has 0 saturated heterocycles. The van der Waals surface area contributed by atoms with E-state index in [1.54, 1.807) is 0 Å². The molecule has 326 valence electrons. The summed E-state index contributed by atoms with van der Waals surface area (Å²) in [6.07, 6.45) is 6.38. The first-order chi connectivity index (χ1) is 34.8. The number of benzene rings is 10. The van der Waals surface area contributed by atoms with Gasteiger partial charge in [0.15, 0.2) is 5.58 Å². The molecule has 0 amide bonds. The molecule has 10 aromatic carbocycles. The van der Waals surface area contributed by atoms with Gasteiger partial charge in [-0.05, 0) is 138 Å². The summed E-state index contributed by atoms with van der Waals surface area (Å²) in [4.78, 5) is 2.55. The highest BCUT2D eigenvalue weighted by Crippen LogP contribution is 2.67. The Bertz CT molecular complexity index is 3980. The van der Waals surface area contributed by atoms with Crippen LogP contribution in [0.25, 0.3) is 72.7 Å². The molecule has 0 radical (unpaired) electrons. The fourth-order valence-corrected chi connectivity index (χ4v) is 14.0. The van der Waals surface area contributed by atoms with Gasteiger partial charge in [0, 0.05) is 22.2 Å². The summed E-state index contributed by atoms with van der Waals surface area (Å²) in [5.74, 6) is 0.959. The van der Waals surface area contributed by atoms with Crippen LogP contribution in [-0.2, 0) is 17.3 Å². The zero-order valence-corrected chi connectivity index (χ0v) is 38.3. The second-order valence-corrected chi connectivity index (χ2v) is 19.6. The molecule has 0 fully saturated rings. The van der Waals surface area contributed by atoms with Crippen LogP contribution in [0.3, 0.4) is 0 Å². The molecule has 0 unspecified atom stereocenters. The summed E-state index contributed by atoms with van der Waals surface area (Å²) < 4.78 is 7.42. The first kappa shape index (κ1) is 38.3. The molecule has 2 spiro atoms. The molecular weight excluding hydrogens is 847 g/mol. The number of rotatable bonds is 4. The third-order valence-corrected chi connectivity index (χ3v) is 16.6. The van der Waals surface area contributed by atoms with Crippen LogP contribution in [0.2, 0.25) is 0 Å². The Labute approximate surface area is 407 Å². The van der Waals surface area contributed by atoms with Crippen molar-refractivity contribution in [3.05, 3.63) is 286 Å². The van der Waals surface area contributed by atoms with Crippen LogP contribution in [0, 0.1) is 0 Å². The van der Waals surface area contributed by atoms with Crippen LogP contribution in [0.4, 0.5) is 17.1 Å². The van der Waals surface area contributed by atoms with Crippen LogP contribution in [0.15, 0.2) is 235 Å². The number of hydrogen-bond acceptors (Lipinski definition) is 2. The Balaban J connectivity index is 1.06. The number of nitrogens with zero attached hydrogens (tertiary/aromatic N) is 1. The molecule has 2 nitrogen and oxygen atoms in total. The molecule has 16 rings (SSSR count). The maximum absolute atomic E-state index is 7.42. The zero-order chi connectivity index (χ0) is 45.7. The third-order valence-electron chi connectivity index (χ3n) is 16.6. The van der Waals surface area contributed by atoms with Crippen LogP contribution >= 0.6 is 0 Å². The summed E-state index contributed by atoms with van der Waals surface area (Å²) in [6.45, 7) is 0. The smallest absolute Gasteiger partial charge is 0.159 e. The summed E-state index contributed by atoms with van der Waals surface area (Å²) in [7, 11) is 0. The van der Waals surface area contributed by atoms with E-state index < -0.39 is 10.8 Å². The zero-order valence-electron chi connectivity index (χ0n) is 38.3. The van der Waals surface area contributed by atoms with Gasteiger partial charge >= 0.3 is 0 Å². The number of furan rings is 1. The molecule has 11 aromatic rings. The second kappa shape index (κ2) is 13.9. The highest BCUT2D eigenvalue weighted by Gasteiger charge is 2.54. The van der Waals surface area contributed by atoms with E-state index in [4.69, 9.17) is 4.42 Å². The van der Waals surface area contributed by atoms with E-state index in [0.717, 1.165) is 52.4 Å². The minimum Gasteiger partial charge on any atom is -0.454 e. The Morgan fingerprint density at radius 2 is 0.829 bits per heavy atom. The molecule has 5 aliphatic rings. The molecule has 0 N–H and O–H groups in total. The van der Waals surface area contributed by atoms with Gasteiger partial charge in [-0.15, -0.1) is 0 Å². The molecule has 0 aliphatic heterocycles. The van der Waals surface area contributed by atoms with Crippen molar-refractivity contribution in [1.82, 2.24) is 0 Å². The summed E-state index contributed by atoms with van der Waals surface area (Å²) in [6, 6.07) is 84.5. The number of aryl methyl sites for hydroxylation is 1. The number of para-hydroxylation sites is 1. The van der Waals surface area contributed by atoms with Crippen LogP contribution < -0.4 is 4.90 Å². The van der Waals surface area contributed by atoms with Gasteiger partial charge in [0.25, 0.3) is 0 Å². The second-order valence-electron chi connectivity index (χ2n) is 19.6. The van der Waals surface area contributed by atoms with Gasteiger partial charge in [-0.25, -0.2) is 0 Å². The summed E-state index contributed by atoms with van der Waals surface area (Å²) >= 11 is 0. The molecule has 0 saturated carbocycles. The summed E-state index contributed by atoms with van der Waals surface area (Å²) in [5, 5.41) is 1.23. The van der Waals surface area contributed by atoms with Crippen molar-refractivity contribution < 1.29 is 4.42 Å². The third kappa shape index (κ3) is 4.64. The first-order valence-electron chi connectivity index (χ1n) is 24.7. The quantitative estimate of drug-likeness (QED) is 0.175. The van der Waals surface area contributed by atoms with Crippen molar-refractivity contribution in [3.8, 4) is 55.6 Å². The number of anilines is 3. The largest absolute Gasteiger partial charge is 0.454 e. The Hall–Kier alpha value is -8.72. The fraction of sp³-hybridized carbons (Fsp3) is 0.0588. The minimum atomic E-state index is -0.553. The predicted molar refractivity (Wildman–Crippen MR) is 286 cm³/mol. The van der Waals surface area contributed by atoms with Gasteiger partial charge in [0.2, 0.25) is 0 Å². The molecule has 5 aliphatic carbocycles. The highest BCUT2D eigenvalue weighted by molar-refractivity contribution is 6.13. The molecule has 70 heavy (non-hydrogen) atoms. The van der Waals surface area contributed by atoms with Crippen molar-refractivity contribution in [3.63, 3.8) is 0 Å². The van der Waals surface area contributed by atoms with E-state index >= 15 is 0 Å². The Kier molecular flexibility index (Phi) is 7.62. The number of hydrogen-bond donors (Lipinski definition) is 0. The van der Waals surface area contributed by atoms with E-state index in [9.17, 15) is 0 Å². The molecule has 1 heterocycles. The standard InChI is InChI=1S/C68H43NO/c1-2-20-42(21-3-1)44-22-10-18-36-61(44)69(43-38-39-50-49-27-8-14-32-55(49)67(59(50)40-43)53-30-12-4-23-45(53)46-24-5-13-31-54(46)67)62-41-60-64(65-52-29-11-19-37-63(52)70-66(62)65)51-28-9-17-35-58(51)68(60)56-33-15-6-25-47(56)48-26-7-16-34-57(48)68/h1-10,12-28,30-41H,11,29H2. The van der Waals surface area contributed by atoms with Crippen LogP contribution in [-0.4, -0.2) is 0 Å². The lowest BCUT2D eigenvalue weighted by atomic mass is 9.70. The van der Waals surface area contributed by atoms with E-state index in [2.05, 4.69) is 242 Å². The maximum Gasteiger partial charge on any atom is 0.159 e. The van der Waals surface area contributed by atoms with Crippen molar-refractivity contribution in [2.75, 3.05) is 4.90 Å². The number of allylic oxidation sites excluding steroid dienone is 1. The monoisotopic (exact) mass is 889 g/mol. The lowest BCUT2D eigenvalue weighted by Crippen LogP contribution is -2.26. The first-order valence-corrected chi connectivity index (χ1v) is 24.7. The van der Waals surface area contributed by atoms with Crippen LogP contribution in [0.1, 0.15) is 62.3 Å². The van der Waals surface area contributed by atoms with Crippen molar-refractivity contribution >= 4 is 34.1 Å². The predicted octanol–water partition coefficient (Wildman–Crippen LogP) is 17.2. The molecular formula is C68H43NO. The lowest BCUT2D eigenvalue weighted by molar-refractivity contribution is 0.595. The van der Waals surface area contributed by atoms with Gasteiger partial charge < -0.3 is 9.32 Å². The van der Waals surface area contributed by atoms with Gasteiger partial charge in [-0.2, -0.15) is 0 Å². The topological polar surface area (TPSA) is 16.4 Å². The van der Waals surface area contributed by atoms with Gasteiger partial charge in [-0.3, -0.25) is 0 Å². The summed E-state index contributed by atoms with van der Waals surface area (Å²) in [5.41, 5.74) is 27.6. The molecule has 1 aromatic heterocycles. The molecule has 0 bridgehead atoms. The normalized spacial score (nSPS) is 14.9. The van der Waals surface area contributed by atoms with E-state index in [1.807, 2.05) is 0 Å². The van der Waals surface area contributed by atoms with Crippen molar-refractivity contribution in [2.24, 2.45) is 0 Å². The average molecular weight is 890 g/mol. The van der Waals surface area contributed by atoms with Crippen molar-refractivity contribution in [1.29, 1.82) is 0 Å². The van der Waals surface area contributed by atoms with Gasteiger partial charge in [0.1, 0.15) is 5.76 Å². The minimum absolute atomic E-state index is 0.509. The van der Waals surface area contributed by atoms with Crippen molar-refractivity contribution in [2.45, 2.75) is 23.7 Å². The van der Waals surface area contributed by atoms with E-state index in [0.29, 0.717) is 0 Å². The maximum atomic E-state index is 7.42. The molecule has 2 heteroatoms. The van der Waals surface area contributed by atoms with Crippen LogP contribution in [0.5, 0.6) is 0 Å². The highest BCUT2D eigenvalue weighted by atomic mass is 16.3. The van der Waals surface area contributed by atoms with Gasteiger partial charge in [0.05, 0.1) is 22.2 Å². The lowest BCUT2D eigenvalue weighted by Gasteiger charge is -2.34. The Morgan fingerprint density at radius 1 is 0.371 bits per heavy atom. The van der Waals surface area contributed by atoms with Gasteiger partial charge in [-0.1, -0.05) is 206 Å². The van der Waals surface area contributed by atoms with E-state index in [1.165, 1.54) is 100.0 Å². The fourth-order valence-electron chi connectivity index (χ4n) is 14.0. The SMILES string of the molecule is C1=Cc2oc3c(N(c4ccc5c(c4)C4(c6ccccc6-c6ccccc64)c4ccccc4-5)c4ccccc4-c4ccccc4)cc4c(c3c2CC1)-c1ccccc1C41c2ccccc2-c2ccccc21. The average Bonchev–Trinajstić information content (AvgIpc) is 4.21. The van der Waals surface area contributed by atoms with E-state index in [-0.39, 0.29) is 0 Å².